The molecule has 0 unspecified atom stereocenters. The molecule has 0 spiro atoms. The lowest BCUT2D eigenvalue weighted by Gasteiger charge is -2.29. The van der Waals surface area contributed by atoms with E-state index >= 15 is 0 Å². The van der Waals surface area contributed by atoms with Crippen LogP contribution in [0.5, 0.6) is 0 Å². The Kier molecular flexibility index (Phi) is 3.86. The Morgan fingerprint density at radius 2 is 2.00 bits per heavy atom. The van der Waals surface area contributed by atoms with Gasteiger partial charge >= 0.3 is 6.03 Å². The number of carbonyl (C=O) groups is 1. The van der Waals surface area contributed by atoms with Crippen molar-refractivity contribution >= 4 is 22.6 Å². The first-order chi connectivity index (χ1) is 10.1. The van der Waals surface area contributed by atoms with Crippen LogP contribution in [0.1, 0.15) is 32.6 Å². The van der Waals surface area contributed by atoms with Crippen LogP contribution in [-0.2, 0) is 7.05 Å². The standard InChI is InChI=1S/C17H23N3O/c1-12-7-3-5-9-14(12)18-17(21)19-15-11-20(2)16-10-6-4-8-13(15)16/h4,6,8,10-12,14H,3,5,7,9H2,1-2H3,(H2,18,19,21)/t12-,14-/m0/s1. The lowest BCUT2D eigenvalue weighted by molar-refractivity contribution is 0.232. The van der Waals surface area contributed by atoms with Crippen molar-refractivity contribution in [3.05, 3.63) is 30.5 Å². The van der Waals surface area contributed by atoms with Crippen molar-refractivity contribution in [2.75, 3.05) is 5.32 Å². The van der Waals surface area contributed by atoms with E-state index in [0.717, 1.165) is 23.0 Å². The fraction of sp³-hybridized carbons (Fsp3) is 0.471. The summed E-state index contributed by atoms with van der Waals surface area (Å²) in [4.78, 5) is 12.2. The van der Waals surface area contributed by atoms with Gasteiger partial charge in [0.25, 0.3) is 0 Å². The molecule has 1 aromatic carbocycles. The van der Waals surface area contributed by atoms with Gasteiger partial charge in [0.05, 0.1) is 5.69 Å². The summed E-state index contributed by atoms with van der Waals surface area (Å²) in [5.74, 6) is 0.567. The SMILES string of the molecule is C[C@H]1CCCC[C@@H]1NC(=O)Nc1cn(C)c2ccccc12. The summed E-state index contributed by atoms with van der Waals surface area (Å²) in [5, 5.41) is 7.21. The fourth-order valence-electron chi connectivity index (χ4n) is 3.30. The van der Waals surface area contributed by atoms with Gasteiger partial charge in [0, 0.05) is 30.2 Å². The number of para-hydroxylation sites is 1. The largest absolute Gasteiger partial charge is 0.348 e. The molecule has 1 heterocycles. The fourth-order valence-corrected chi connectivity index (χ4v) is 3.30. The normalized spacial score (nSPS) is 22.2. The molecule has 2 aromatic rings. The average Bonchev–Trinajstić information content (AvgIpc) is 2.79. The second-order valence-corrected chi connectivity index (χ2v) is 6.14. The minimum atomic E-state index is -0.0925. The molecule has 1 aliphatic carbocycles. The third-order valence-electron chi connectivity index (χ3n) is 4.57. The molecule has 3 rings (SSSR count). The highest BCUT2D eigenvalue weighted by Crippen LogP contribution is 2.26. The third-order valence-corrected chi connectivity index (χ3v) is 4.57. The van der Waals surface area contributed by atoms with Crippen molar-refractivity contribution in [3.63, 3.8) is 0 Å². The molecule has 1 aromatic heterocycles. The maximum atomic E-state index is 12.2. The minimum absolute atomic E-state index is 0.0925. The molecule has 2 N–H and O–H groups in total. The quantitative estimate of drug-likeness (QED) is 0.864. The van der Waals surface area contributed by atoms with Crippen molar-refractivity contribution in [1.29, 1.82) is 0 Å². The Morgan fingerprint density at radius 1 is 1.24 bits per heavy atom. The first kappa shape index (κ1) is 14.0. The summed E-state index contributed by atoms with van der Waals surface area (Å²) >= 11 is 0. The van der Waals surface area contributed by atoms with Gasteiger partial charge in [-0.15, -0.1) is 0 Å². The maximum Gasteiger partial charge on any atom is 0.319 e. The Hall–Kier alpha value is -1.97. The van der Waals surface area contributed by atoms with Crippen LogP contribution < -0.4 is 10.6 Å². The van der Waals surface area contributed by atoms with E-state index in [1.54, 1.807) is 0 Å². The Balaban J connectivity index is 1.71. The van der Waals surface area contributed by atoms with Crippen LogP contribution in [0, 0.1) is 5.92 Å². The molecule has 21 heavy (non-hydrogen) atoms. The van der Waals surface area contributed by atoms with Crippen LogP contribution in [0.2, 0.25) is 0 Å². The smallest absolute Gasteiger partial charge is 0.319 e. The van der Waals surface area contributed by atoms with Crippen molar-refractivity contribution in [1.82, 2.24) is 9.88 Å². The highest BCUT2D eigenvalue weighted by atomic mass is 16.2. The van der Waals surface area contributed by atoms with Crippen molar-refractivity contribution in [3.8, 4) is 0 Å². The number of hydrogen-bond acceptors (Lipinski definition) is 1. The molecule has 112 valence electrons. The number of amides is 2. The zero-order chi connectivity index (χ0) is 14.8. The number of benzene rings is 1. The zero-order valence-corrected chi connectivity index (χ0v) is 12.7. The molecular weight excluding hydrogens is 262 g/mol. The van der Waals surface area contributed by atoms with E-state index in [9.17, 15) is 4.79 Å². The molecule has 0 radical (unpaired) electrons. The second-order valence-electron chi connectivity index (χ2n) is 6.14. The van der Waals surface area contributed by atoms with Crippen molar-refractivity contribution in [2.45, 2.75) is 38.6 Å². The van der Waals surface area contributed by atoms with E-state index < -0.39 is 0 Å². The molecule has 4 heteroatoms. The van der Waals surface area contributed by atoms with E-state index in [4.69, 9.17) is 0 Å². The predicted octanol–water partition coefficient (Wildman–Crippen LogP) is 3.88. The number of hydrogen-bond donors (Lipinski definition) is 2. The number of nitrogens with one attached hydrogen (secondary N) is 2. The number of carbonyl (C=O) groups excluding carboxylic acids is 1. The van der Waals surface area contributed by atoms with Crippen molar-refractivity contribution in [2.24, 2.45) is 13.0 Å². The molecule has 0 aliphatic heterocycles. The van der Waals surface area contributed by atoms with Gasteiger partial charge in [-0.25, -0.2) is 4.79 Å². The summed E-state index contributed by atoms with van der Waals surface area (Å²) in [6.07, 6.45) is 6.76. The van der Waals surface area contributed by atoms with E-state index in [2.05, 4.69) is 23.6 Å². The van der Waals surface area contributed by atoms with E-state index in [0.29, 0.717) is 12.0 Å². The van der Waals surface area contributed by atoms with Gasteiger partial charge in [0.1, 0.15) is 0 Å². The summed E-state index contributed by atoms with van der Waals surface area (Å²) in [7, 11) is 1.99. The minimum Gasteiger partial charge on any atom is -0.348 e. The predicted molar refractivity (Wildman–Crippen MR) is 86.5 cm³/mol. The Labute approximate surface area is 125 Å². The molecule has 1 fully saturated rings. The highest BCUT2D eigenvalue weighted by molar-refractivity contribution is 6.01. The number of fused-ring (bicyclic) bond motifs is 1. The molecule has 0 bridgehead atoms. The van der Waals surface area contributed by atoms with E-state index in [1.165, 1.54) is 19.3 Å². The van der Waals surface area contributed by atoms with Gasteiger partial charge in [-0.3, -0.25) is 0 Å². The third kappa shape index (κ3) is 2.89. The van der Waals surface area contributed by atoms with Crippen LogP contribution in [0.4, 0.5) is 10.5 Å². The summed E-state index contributed by atoms with van der Waals surface area (Å²) in [5.41, 5.74) is 1.99. The van der Waals surface area contributed by atoms with Gasteiger partial charge in [-0.05, 0) is 24.8 Å². The number of aryl methyl sites for hydroxylation is 1. The first-order valence-electron chi connectivity index (χ1n) is 7.77. The van der Waals surface area contributed by atoms with E-state index in [1.807, 2.05) is 36.0 Å². The average molecular weight is 285 g/mol. The summed E-state index contributed by atoms with van der Waals surface area (Å²) in [6.45, 7) is 2.22. The zero-order valence-electron chi connectivity index (χ0n) is 12.7. The van der Waals surface area contributed by atoms with Gasteiger partial charge in [0.2, 0.25) is 0 Å². The lowest BCUT2D eigenvalue weighted by atomic mass is 9.86. The number of urea groups is 1. The van der Waals surface area contributed by atoms with Crippen LogP contribution in [-0.4, -0.2) is 16.6 Å². The number of nitrogens with zero attached hydrogens (tertiary/aromatic N) is 1. The molecule has 1 saturated carbocycles. The summed E-state index contributed by atoms with van der Waals surface area (Å²) in [6, 6.07) is 8.30. The monoisotopic (exact) mass is 285 g/mol. The molecular formula is C17H23N3O. The number of rotatable bonds is 2. The summed E-state index contributed by atoms with van der Waals surface area (Å²) < 4.78 is 2.04. The Morgan fingerprint density at radius 3 is 2.81 bits per heavy atom. The second kappa shape index (κ2) is 5.80. The van der Waals surface area contributed by atoms with E-state index in [-0.39, 0.29) is 6.03 Å². The maximum absolute atomic E-state index is 12.2. The molecule has 2 atom stereocenters. The van der Waals surface area contributed by atoms with Gasteiger partial charge in [-0.2, -0.15) is 0 Å². The van der Waals surface area contributed by atoms with Crippen LogP contribution in [0.25, 0.3) is 10.9 Å². The van der Waals surface area contributed by atoms with Gasteiger partial charge < -0.3 is 15.2 Å². The molecule has 0 saturated heterocycles. The topological polar surface area (TPSA) is 46.1 Å². The highest BCUT2D eigenvalue weighted by Gasteiger charge is 2.23. The Bertz CT molecular complexity index is 647. The van der Waals surface area contributed by atoms with Crippen molar-refractivity contribution < 1.29 is 4.79 Å². The van der Waals surface area contributed by atoms with Crippen LogP contribution in [0.15, 0.2) is 30.5 Å². The van der Waals surface area contributed by atoms with Crippen LogP contribution >= 0.6 is 0 Å². The van der Waals surface area contributed by atoms with Crippen LogP contribution in [0.3, 0.4) is 0 Å². The molecule has 1 aliphatic rings. The van der Waals surface area contributed by atoms with Gasteiger partial charge in [-0.1, -0.05) is 38.0 Å². The number of aromatic nitrogens is 1. The van der Waals surface area contributed by atoms with Gasteiger partial charge in [0.15, 0.2) is 0 Å². The molecule has 4 nitrogen and oxygen atoms in total. The lowest BCUT2D eigenvalue weighted by Crippen LogP contribution is -2.43. The first-order valence-corrected chi connectivity index (χ1v) is 7.77. The molecule has 2 amide bonds. The number of anilines is 1.